The molecule has 3 unspecified atom stereocenters. The summed E-state index contributed by atoms with van der Waals surface area (Å²) in [7, 11) is 0. The number of hydrogen-bond acceptors (Lipinski definition) is 5. The number of rotatable bonds is 6. The number of halogens is 1. The molecular formula is C20H21ClN3O4S-. The van der Waals surface area contributed by atoms with Crippen molar-refractivity contribution in [1.82, 2.24) is 9.42 Å². The minimum Gasteiger partial charge on any atom is -0.759 e. The van der Waals surface area contributed by atoms with Crippen LogP contribution in [0, 0.1) is 0 Å². The number of benzene rings is 2. The van der Waals surface area contributed by atoms with Crippen LogP contribution in [0.5, 0.6) is 0 Å². The molecule has 1 saturated carbocycles. The van der Waals surface area contributed by atoms with Crippen LogP contribution in [0.3, 0.4) is 0 Å². The second-order valence-corrected chi connectivity index (χ2v) is 8.52. The summed E-state index contributed by atoms with van der Waals surface area (Å²) in [6, 6.07) is 16.7. The molecule has 0 aromatic heterocycles. The van der Waals surface area contributed by atoms with E-state index in [1.54, 1.807) is 11.1 Å². The molecular weight excluding hydrogens is 414 g/mol. The van der Waals surface area contributed by atoms with Crippen LogP contribution >= 0.6 is 11.6 Å². The Morgan fingerprint density at radius 2 is 1.83 bits per heavy atom. The number of hydrazine groups is 1. The Balaban J connectivity index is 1.54. The van der Waals surface area contributed by atoms with Gasteiger partial charge in [-0.25, -0.2) is 5.01 Å². The Morgan fingerprint density at radius 1 is 1.14 bits per heavy atom. The van der Waals surface area contributed by atoms with Gasteiger partial charge >= 0.3 is 5.97 Å². The Hall–Kier alpha value is -1.97. The third-order valence-corrected chi connectivity index (χ3v) is 6.75. The van der Waals surface area contributed by atoms with Crippen molar-refractivity contribution >= 4 is 34.5 Å². The second-order valence-electron chi connectivity index (χ2n) is 7.31. The van der Waals surface area contributed by atoms with Gasteiger partial charge in [0.2, 0.25) is 0 Å². The minimum absolute atomic E-state index is 0.259. The normalized spacial score (nSPS) is 25.8. The largest absolute Gasteiger partial charge is 0.759 e. The minimum atomic E-state index is -2.69. The molecule has 2 aliphatic rings. The molecule has 29 heavy (non-hydrogen) atoms. The van der Waals surface area contributed by atoms with Crippen molar-refractivity contribution in [2.24, 2.45) is 0 Å². The van der Waals surface area contributed by atoms with E-state index in [4.69, 9.17) is 11.6 Å². The zero-order chi connectivity index (χ0) is 20.6. The van der Waals surface area contributed by atoms with Crippen molar-refractivity contribution in [2.45, 2.75) is 17.9 Å². The van der Waals surface area contributed by atoms with Gasteiger partial charge in [0.25, 0.3) is 0 Å². The summed E-state index contributed by atoms with van der Waals surface area (Å²) >= 11 is 3.38. The number of nitrogens with zero attached hydrogens (tertiary/aromatic N) is 3. The highest BCUT2D eigenvalue weighted by Crippen LogP contribution is 2.56. The molecule has 7 nitrogen and oxygen atoms in total. The summed E-state index contributed by atoms with van der Waals surface area (Å²) in [4.78, 5) is 14.3. The Kier molecular flexibility index (Phi) is 5.63. The number of carboxylic acids is 1. The van der Waals surface area contributed by atoms with Gasteiger partial charge in [0.1, 0.15) is 0 Å². The molecule has 0 spiro atoms. The summed E-state index contributed by atoms with van der Waals surface area (Å²) in [6.45, 7) is 1.94. The highest BCUT2D eigenvalue weighted by Gasteiger charge is 2.67. The van der Waals surface area contributed by atoms with Crippen LogP contribution in [0.2, 0.25) is 5.02 Å². The predicted molar refractivity (Wildman–Crippen MR) is 110 cm³/mol. The molecule has 1 saturated heterocycles. The summed E-state index contributed by atoms with van der Waals surface area (Å²) in [6.07, 6.45) is 0.259. The first kappa shape index (κ1) is 20.3. The van der Waals surface area contributed by atoms with E-state index in [1.165, 1.54) is 0 Å². The lowest BCUT2D eigenvalue weighted by molar-refractivity contribution is -0.149. The summed E-state index contributed by atoms with van der Waals surface area (Å²) in [5, 5.41) is 12.3. The van der Waals surface area contributed by atoms with Crippen molar-refractivity contribution < 1.29 is 18.7 Å². The van der Waals surface area contributed by atoms with Gasteiger partial charge < -0.3 is 14.6 Å². The summed E-state index contributed by atoms with van der Waals surface area (Å²) < 4.78 is 25.4. The van der Waals surface area contributed by atoms with Gasteiger partial charge in [-0.3, -0.25) is 9.00 Å². The van der Waals surface area contributed by atoms with E-state index in [-0.39, 0.29) is 12.3 Å². The molecule has 2 aromatic carbocycles. The molecule has 2 fully saturated rings. The molecule has 1 heterocycles. The molecule has 1 aliphatic carbocycles. The number of carboxylic acid groups (broad SMARTS) is 1. The third-order valence-electron chi connectivity index (χ3n) is 5.67. The number of carbonyl (C=O) groups is 1. The monoisotopic (exact) mass is 434 g/mol. The van der Waals surface area contributed by atoms with E-state index >= 15 is 0 Å². The summed E-state index contributed by atoms with van der Waals surface area (Å²) in [5.41, 5.74) is 0.336. The molecule has 0 bridgehead atoms. The first-order valence-electron chi connectivity index (χ1n) is 9.37. The van der Waals surface area contributed by atoms with E-state index in [2.05, 4.69) is 4.90 Å². The van der Waals surface area contributed by atoms with Crippen molar-refractivity contribution in [3.63, 3.8) is 0 Å². The number of piperazine rings is 1. The van der Waals surface area contributed by atoms with Gasteiger partial charge in [-0.2, -0.15) is 4.41 Å². The van der Waals surface area contributed by atoms with Gasteiger partial charge in [-0.05, 0) is 30.2 Å². The van der Waals surface area contributed by atoms with E-state index in [0.29, 0.717) is 31.2 Å². The standard InChI is InChI=1S/C20H22ClN3O4S/c21-16-7-4-8-17(13-16)22-9-11-23(12-10-22)24(29(27)28)20(19(25)26)14-18(20)15-5-2-1-3-6-15/h1-8,13,18H,9-12,14H2,(H,25,26)(H,27,28)/p-1. The average Bonchev–Trinajstić information content (AvgIpc) is 3.46. The lowest BCUT2D eigenvalue weighted by Gasteiger charge is -2.45. The van der Waals surface area contributed by atoms with Crippen LogP contribution in [0.25, 0.3) is 0 Å². The van der Waals surface area contributed by atoms with Crippen molar-refractivity contribution in [2.75, 3.05) is 31.1 Å². The number of anilines is 1. The average molecular weight is 435 g/mol. The fraction of sp³-hybridized carbons (Fsp3) is 0.350. The highest BCUT2D eigenvalue weighted by atomic mass is 35.5. The Morgan fingerprint density at radius 3 is 2.41 bits per heavy atom. The van der Waals surface area contributed by atoms with Crippen molar-refractivity contribution in [3.05, 3.63) is 65.2 Å². The molecule has 3 atom stereocenters. The maximum absolute atomic E-state index is 12.2. The maximum atomic E-state index is 12.2. The van der Waals surface area contributed by atoms with Crippen LogP contribution in [-0.4, -0.2) is 61.0 Å². The van der Waals surface area contributed by atoms with Crippen LogP contribution < -0.4 is 4.90 Å². The quantitative estimate of drug-likeness (QED) is 0.703. The van der Waals surface area contributed by atoms with Crippen molar-refractivity contribution in [1.29, 1.82) is 0 Å². The van der Waals surface area contributed by atoms with E-state index in [9.17, 15) is 18.7 Å². The maximum Gasteiger partial charge on any atom is 0.327 e. The summed E-state index contributed by atoms with van der Waals surface area (Å²) in [5.74, 6) is -1.49. The Labute approximate surface area is 176 Å². The van der Waals surface area contributed by atoms with Crippen LogP contribution in [0.15, 0.2) is 54.6 Å². The number of aliphatic carboxylic acids is 1. The van der Waals surface area contributed by atoms with Gasteiger partial charge in [-0.1, -0.05) is 48.0 Å². The predicted octanol–water partition coefficient (Wildman–Crippen LogP) is 2.48. The zero-order valence-corrected chi connectivity index (χ0v) is 17.2. The molecule has 0 radical (unpaired) electrons. The van der Waals surface area contributed by atoms with E-state index in [0.717, 1.165) is 15.7 Å². The van der Waals surface area contributed by atoms with E-state index in [1.807, 2.05) is 48.5 Å². The van der Waals surface area contributed by atoms with Gasteiger partial charge in [0.15, 0.2) is 5.54 Å². The molecule has 4 rings (SSSR count). The topological polar surface area (TPSA) is 87.2 Å². The second kappa shape index (κ2) is 8.04. The van der Waals surface area contributed by atoms with Gasteiger partial charge in [0, 0.05) is 54.1 Å². The molecule has 9 heteroatoms. The van der Waals surface area contributed by atoms with Crippen LogP contribution in [0.1, 0.15) is 17.9 Å². The first-order chi connectivity index (χ1) is 13.9. The van der Waals surface area contributed by atoms with Crippen LogP contribution in [-0.2, 0) is 16.1 Å². The number of hydrogen-bond donors (Lipinski definition) is 1. The van der Waals surface area contributed by atoms with Crippen LogP contribution in [0.4, 0.5) is 5.69 Å². The molecule has 1 N–H and O–H groups in total. The third kappa shape index (κ3) is 3.78. The fourth-order valence-electron chi connectivity index (χ4n) is 4.15. The smallest absolute Gasteiger partial charge is 0.327 e. The van der Waals surface area contributed by atoms with Gasteiger partial charge in [0.05, 0.1) is 0 Å². The lowest BCUT2D eigenvalue weighted by atomic mass is 10.1. The molecule has 2 aromatic rings. The Bertz CT molecular complexity index is 923. The van der Waals surface area contributed by atoms with Crippen molar-refractivity contribution in [3.8, 4) is 0 Å². The van der Waals surface area contributed by atoms with E-state index < -0.39 is 22.8 Å². The molecule has 154 valence electrons. The first-order valence-corrected chi connectivity index (χ1v) is 10.8. The SMILES string of the molecule is O=C(O)C1(N(N2CCN(c3cccc(Cl)c3)CC2)S(=O)[O-])CC1c1ccccc1. The fourth-order valence-corrected chi connectivity index (χ4v) is 5.23. The molecule has 1 aliphatic heterocycles. The zero-order valence-electron chi connectivity index (χ0n) is 15.6. The highest BCUT2D eigenvalue weighted by molar-refractivity contribution is 7.76. The lowest BCUT2D eigenvalue weighted by Crippen LogP contribution is -2.60. The van der Waals surface area contributed by atoms with Gasteiger partial charge in [-0.15, -0.1) is 0 Å². The molecule has 0 amide bonds.